The molecular formula is C14H18N4O3S2. The quantitative estimate of drug-likeness (QED) is 0.847. The SMILES string of the molecule is CC(Sc1nnc(-c2ccsc2)n1C(=O)OC(C)(C)C)C(N)=O. The van der Waals surface area contributed by atoms with Crippen LogP contribution in [0.4, 0.5) is 4.79 Å². The monoisotopic (exact) mass is 354 g/mol. The lowest BCUT2D eigenvalue weighted by Gasteiger charge is -2.20. The van der Waals surface area contributed by atoms with Crippen LogP contribution in [0.2, 0.25) is 0 Å². The number of carbonyl (C=O) groups excluding carboxylic acids is 2. The number of thioether (sulfide) groups is 1. The summed E-state index contributed by atoms with van der Waals surface area (Å²) in [4.78, 5) is 23.8. The lowest BCUT2D eigenvalue weighted by atomic mass is 10.2. The minimum atomic E-state index is -0.662. The highest BCUT2D eigenvalue weighted by Crippen LogP contribution is 2.28. The predicted octanol–water partition coefficient (Wildman–Crippen LogP) is 2.76. The summed E-state index contributed by atoms with van der Waals surface area (Å²) in [6.45, 7) is 6.97. The highest BCUT2D eigenvalue weighted by Gasteiger charge is 2.27. The summed E-state index contributed by atoms with van der Waals surface area (Å²) in [7, 11) is 0. The van der Waals surface area contributed by atoms with Crippen molar-refractivity contribution in [3.05, 3.63) is 16.8 Å². The van der Waals surface area contributed by atoms with Crippen LogP contribution in [0, 0.1) is 0 Å². The van der Waals surface area contributed by atoms with Gasteiger partial charge in [-0.1, -0.05) is 11.8 Å². The summed E-state index contributed by atoms with van der Waals surface area (Å²) in [5.41, 5.74) is 5.38. The van der Waals surface area contributed by atoms with Crippen LogP contribution in [0.15, 0.2) is 22.0 Å². The molecule has 2 rings (SSSR count). The number of primary amides is 1. The van der Waals surface area contributed by atoms with Gasteiger partial charge in [0.2, 0.25) is 11.1 Å². The van der Waals surface area contributed by atoms with Gasteiger partial charge in [-0.25, -0.2) is 9.36 Å². The molecule has 2 aromatic heterocycles. The second kappa shape index (κ2) is 6.71. The summed E-state index contributed by atoms with van der Waals surface area (Å²) in [6, 6.07) is 1.83. The molecule has 0 fully saturated rings. The Hall–Kier alpha value is -1.87. The molecule has 1 unspecified atom stereocenters. The molecule has 2 heterocycles. The fraction of sp³-hybridized carbons (Fsp3) is 0.429. The van der Waals surface area contributed by atoms with Crippen LogP contribution in [0.25, 0.3) is 11.4 Å². The molecule has 2 N–H and O–H groups in total. The number of nitrogens with zero attached hydrogens (tertiary/aromatic N) is 3. The van der Waals surface area contributed by atoms with Crippen LogP contribution in [-0.2, 0) is 9.53 Å². The summed E-state index contributed by atoms with van der Waals surface area (Å²) >= 11 is 2.55. The van der Waals surface area contributed by atoms with Crippen molar-refractivity contribution in [2.75, 3.05) is 0 Å². The van der Waals surface area contributed by atoms with E-state index in [-0.39, 0.29) is 5.16 Å². The molecule has 7 nitrogen and oxygen atoms in total. The zero-order valence-corrected chi connectivity index (χ0v) is 14.9. The maximum Gasteiger partial charge on any atom is 0.422 e. The van der Waals surface area contributed by atoms with Gasteiger partial charge in [0.15, 0.2) is 5.82 Å². The molecule has 9 heteroatoms. The molecule has 1 amide bonds. The number of carbonyl (C=O) groups is 2. The first-order chi connectivity index (χ1) is 10.7. The van der Waals surface area contributed by atoms with Gasteiger partial charge < -0.3 is 10.5 Å². The van der Waals surface area contributed by atoms with Gasteiger partial charge in [-0.05, 0) is 39.1 Å². The summed E-state index contributed by atoms with van der Waals surface area (Å²) < 4.78 is 6.70. The van der Waals surface area contributed by atoms with E-state index in [1.165, 1.54) is 15.9 Å². The number of nitrogens with two attached hydrogens (primary N) is 1. The fourth-order valence-corrected chi connectivity index (χ4v) is 3.03. The van der Waals surface area contributed by atoms with Crippen molar-refractivity contribution in [3.8, 4) is 11.4 Å². The third-order valence-electron chi connectivity index (χ3n) is 2.67. The number of thiophene rings is 1. The highest BCUT2D eigenvalue weighted by molar-refractivity contribution is 8.00. The van der Waals surface area contributed by atoms with Crippen molar-refractivity contribution in [1.82, 2.24) is 14.8 Å². The Morgan fingerprint density at radius 2 is 2.09 bits per heavy atom. The van der Waals surface area contributed by atoms with Crippen LogP contribution < -0.4 is 5.73 Å². The first-order valence-corrected chi connectivity index (χ1v) is 8.68. The molecule has 0 saturated heterocycles. The lowest BCUT2D eigenvalue weighted by Crippen LogP contribution is -2.29. The topological polar surface area (TPSA) is 100 Å². The number of aromatic nitrogens is 3. The smallest absolute Gasteiger partial charge is 0.422 e. The Kier molecular flexibility index (Phi) is 5.10. The molecule has 23 heavy (non-hydrogen) atoms. The Bertz CT molecular complexity index is 704. The van der Waals surface area contributed by atoms with E-state index in [1.54, 1.807) is 27.7 Å². The maximum atomic E-state index is 12.5. The second-order valence-corrected chi connectivity index (χ2v) is 7.88. The lowest BCUT2D eigenvalue weighted by molar-refractivity contribution is -0.117. The number of hydrogen-bond acceptors (Lipinski definition) is 7. The Labute approximate surface area is 142 Å². The van der Waals surface area contributed by atoms with Crippen molar-refractivity contribution in [3.63, 3.8) is 0 Å². The van der Waals surface area contributed by atoms with Gasteiger partial charge in [-0.15, -0.1) is 10.2 Å². The van der Waals surface area contributed by atoms with Crippen LogP contribution in [0.1, 0.15) is 27.7 Å². The predicted molar refractivity (Wildman–Crippen MR) is 89.5 cm³/mol. The average Bonchev–Trinajstić information content (AvgIpc) is 3.04. The molecule has 0 saturated carbocycles. The molecule has 0 radical (unpaired) electrons. The number of rotatable bonds is 4. The number of amides is 1. The fourth-order valence-electron chi connectivity index (χ4n) is 1.61. The van der Waals surface area contributed by atoms with Crippen LogP contribution in [0.5, 0.6) is 0 Å². The van der Waals surface area contributed by atoms with E-state index < -0.39 is 22.9 Å². The molecule has 0 spiro atoms. The van der Waals surface area contributed by atoms with Gasteiger partial charge in [0.25, 0.3) is 0 Å². The van der Waals surface area contributed by atoms with E-state index in [1.807, 2.05) is 16.8 Å². The van der Waals surface area contributed by atoms with Gasteiger partial charge in [0.05, 0.1) is 5.25 Å². The third-order valence-corrected chi connectivity index (χ3v) is 4.42. The average molecular weight is 354 g/mol. The van der Waals surface area contributed by atoms with E-state index in [4.69, 9.17) is 10.5 Å². The van der Waals surface area contributed by atoms with Crippen LogP contribution in [0.3, 0.4) is 0 Å². The van der Waals surface area contributed by atoms with Crippen LogP contribution in [-0.4, -0.2) is 37.6 Å². The minimum absolute atomic E-state index is 0.270. The van der Waals surface area contributed by atoms with Gasteiger partial charge in [-0.2, -0.15) is 11.3 Å². The largest absolute Gasteiger partial charge is 0.443 e. The molecule has 124 valence electrons. The van der Waals surface area contributed by atoms with E-state index in [0.717, 1.165) is 17.3 Å². The standard InChI is InChI=1S/C14H18N4O3S2/c1-8(10(15)19)23-12-17-16-11(9-5-6-22-7-9)18(12)13(20)21-14(2,3)4/h5-8H,1-4H3,(H2,15,19). The van der Waals surface area contributed by atoms with Gasteiger partial charge in [-0.3, -0.25) is 4.79 Å². The van der Waals surface area contributed by atoms with Gasteiger partial charge in [0.1, 0.15) is 5.60 Å². The second-order valence-electron chi connectivity index (χ2n) is 5.80. The highest BCUT2D eigenvalue weighted by atomic mass is 32.2. The Balaban J connectivity index is 2.43. The van der Waals surface area contributed by atoms with Crippen molar-refractivity contribution in [1.29, 1.82) is 0 Å². The molecule has 0 aromatic carbocycles. The normalized spacial score (nSPS) is 12.9. The molecule has 1 atom stereocenters. The molecular weight excluding hydrogens is 336 g/mol. The summed E-state index contributed by atoms with van der Waals surface area (Å²) in [5.74, 6) is -0.120. The number of ether oxygens (including phenoxy) is 1. The zero-order valence-electron chi connectivity index (χ0n) is 13.3. The Morgan fingerprint density at radius 3 is 2.61 bits per heavy atom. The van der Waals surface area contributed by atoms with E-state index in [9.17, 15) is 9.59 Å². The molecule has 0 aliphatic rings. The summed E-state index contributed by atoms with van der Waals surface area (Å²) in [5, 5.41) is 11.5. The van der Waals surface area contributed by atoms with Gasteiger partial charge >= 0.3 is 6.09 Å². The number of hydrogen-bond donors (Lipinski definition) is 1. The first-order valence-electron chi connectivity index (χ1n) is 6.86. The van der Waals surface area contributed by atoms with Gasteiger partial charge in [0, 0.05) is 10.9 Å². The summed E-state index contributed by atoms with van der Waals surface area (Å²) in [6.07, 6.45) is -0.595. The molecule has 0 aliphatic heterocycles. The van der Waals surface area contributed by atoms with E-state index in [0.29, 0.717) is 5.82 Å². The van der Waals surface area contributed by atoms with Crippen molar-refractivity contribution in [2.45, 2.75) is 43.7 Å². The van der Waals surface area contributed by atoms with Crippen molar-refractivity contribution >= 4 is 35.1 Å². The first kappa shape index (κ1) is 17.5. The minimum Gasteiger partial charge on any atom is -0.443 e. The Morgan fingerprint density at radius 1 is 1.39 bits per heavy atom. The van der Waals surface area contributed by atoms with E-state index >= 15 is 0 Å². The third kappa shape index (κ3) is 4.32. The van der Waals surface area contributed by atoms with Crippen molar-refractivity contribution in [2.24, 2.45) is 5.73 Å². The van der Waals surface area contributed by atoms with Crippen LogP contribution >= 0.6 is 23.1 Å². The molecule has 0 bridgehead atoms. The zero-order chi connectivity index (χ0) is 17.2. The van der Waals surface area contributed by atoms with E-state index in [2.05, 4.69) is 10.2 Å². The maximum absolute atomic E-state index is 12.5. The molecule has 0 aliphatic carbocycles. The molecule has 2 aromatic rings. The van der Waals surface area contributed by atoms with Crippen molar-refractivity contribution < 1.29 is 14.3 Å².